The Kier molecular flexibility index (Phi) is 9.29. The quantitative estimate of drug-likeness (QED) is 0.310. The van der Waals surface area contributed by atoms with Gasteiger partial charge in [0.2, 0.25) is 0 Å². The summed E-state index contributed by atoms with van der Waals surface area (Å²) in [6.07, 6.45) is 6.79. The van der Waals surface area contributed by atoms with Crippen molar-refractivity contribution < 1.29 is 18.3 Å². The second-order valence-corrected chi connectivity index (χ2v) is 14.6. The number of carbonyl (C=O) groups is 1. The number of nitrogens with zero attached hydrogens (tertiary/aromatic N) is 7. The number of piperazine rings is 1. The largest absolute Gasteiger partial charge is 0.385 e. The van der Waals surface area contributed by atoms with Crippen LogP contribution in [0.1, 0.15) is 48.2 Å². The van der Waals surface area contributed by atoms with Crippen LogP contribution in [0.5, 0.6) is 0 Å². The number of piperidine rings is 2. The molecule has 3 N–H and O–H groups in total. The molecule has 6 heterocycles. The molecule has 0 unspecified atom stereocenters. The maximum atomic E-state index is 15.4. The highest BCUT2D eigenvalue weighted by molar-refractivity contribution is 5.94. The summed E-state index contributed by atoms with van der Waals surface area (Å²) < 4.78 is 38.0. The van der Waals surface area contributed by atoms with Crippen LogP contribution in [0, 0.1) is 5.92 Å². The Morgan fingerprint density at radius 1 is 1.04 bits per heavy atom. The van der Waals surface area contributed by atoms with Crippen LogP contribution in [0.3, 0.4) is 0 Å². The minimum Gasteiger partial charge on any atom is -0.385 e. The van der Waals surface area contributed by atoms with Crippen LogP contribution < -0.4 is 25.8 Å². The zero-order valence-electron chi connectivity index (χ0n) is 29.2. The third-order valence-electron chi connectivity index (χ3n) is 11.9. The zero-order valence-corrected chi connectivity index (χ0v) is 29.2. The summed E-state index contributed by atoms with van der Waals surface area (Å²) in [5.74, 6) is -2.72. The van der Waals surface area contributed by atoms with Gasteiger partial charge in [-0.15, -0.1) is 5.10 Å². The molecule has 0 bridgehead atoms. The summed E-state index contributed by atoms with van der Waals surface area (Å²) in [5.41, 5.74) is 5.34. The number of amides is 1. The minimum absolute atomic E-state index is 0.0148. The number of halogens is 2. The summed E-state index contributed by atoms with van der Waals surface area (Å²) in [7, 11) is 3.52. The first-order valence-corrected chi connectivity index (χ1v) is 18.4. The van der Waals surface area contributed by atoms with Crippen LogP contribution in [0.4, 0.5) is 31.7 Å². The number of nitrogens with one attached hydrogen (secondary N) is 3. The number of fused-ring (bicyclic) bond motifs is 2. The highest BCUT2D eigenvalue weighted by Gasteiger charge is 2.46. The van der Waals surface area contributed by atoms with E-state index in [4.69, 9.17) is 9.84 Å². The molecule has 3 saturated heterocycles. The van der Waals surface area contributed by atoms with E-state index < -0.39 is 11.8 Å². The fourth-order valence-corrected chi connectivity index (χ4v) is 8.74. The number of likely N-dealkylation sites (tertiary alicyclic amines) is 1. The lowest BCUT2D eigenvalue weighted by Gasteiger charge is -2.45. The van der Waals surface area contributed by atoms with E-state index in [1.807, 2.05) is 13.1 Å². The fraction of sp³-hybridized carbons (Fsp3) is 0.639. The predicted octanol–water partition coefficient (Wildman–Crippen LogP) is 3.20. The first-order chi connectivity index (χ1) is 24.3. The van der Waals surface area contributed by atoms with E-state index in [0.29, 0.717) is 24.3 Å². The molecule has 0 spiro atoms. The monoisotopic (exact) mass is 692 g/mol. The summed E-state index contributed by atoms with van der Waals surface area (Å²) in [5, 5.41) is 14.6. The van der Waals surface area contributed by atoms with Crippen molar-refractivity contribution in [3.63, 3.8) is 0 Å². The number of rotatable bonds is 9. The van der Waals surface area contributed by atoms with Gasteiger partial charge in [0, 0.05) is 88.4 Å². The molecule has 14 heteroatoms. The van der Waals surface area contributed by atoms with Crippen LogP contribution in [0.2, 0.25) is 0 Å². The van der Waals surface area contributed by atoms with Crippen molar-refractivity contribution in [3.05, 3.63) is 41.7 Å². The third kappa shape index (κ3) is 6.28. The number of carbonyl (C=O) groups excluding carboxylic acids is 1. The van der Waals surface area contributed by atoms with Gasteiger partial charge in [0.05, 0.1) is 30.6 Å². The van der Waals surface area contributed by atoms with Crippen molar-refractivity contribution in [1.82, 2.24) is 35.0 Å². The molecule has 1 saturated carbocycles. The van der Waals surface area contributed by atoms with Crippen molar-refractivity contribution in [2.45, 2.75) is 62.6 Å². The number of hydrogen-bond acceptors (Lipinski definition) is 10. The topological polar surface area (TPSA) is 106 Å². The Labute approximate surface area is 292 Å². The maximum absolute atomic E-state index is 15.4. The van der Waals surface area contributed by atoms with Crippen molar-refractivity contribution in [2.24, 2.45) is 5.92 Å². The lowest BCUT2D eigenvalue weighted by Crippen LogP contribution is -2.57. The lowest BCUT2D eigenvalue weighted by molar-refractivity contribution is -0.128. The van der Waals surface area contributed by atoms with Crippen LogP contribution in [0.15, 0.2) is 30.5 Å². The first kappa shape index (κ1) is 33.5. The molecule has 2 aromatic heterocycles. The van der Waals surface area contributed by atoms with E-state index in [2.05, 4.69) is 58.7 Å². The summed E-state index contributed by atoms with van der Waals surface area (Å²) in [4.78, 5) is 26.8. The number of alkyl halides is 2. The van der Waals surface area contributed by atoms with Gasteiger partial charge in [-0.1, -0.05) is 6.07 Å². The molecular weight excluding hydrogens is 642 g/mol. The smallest absolute Gasteiger partial charge is 0.271 e. The van der Waals surface area contributed by atoms with Gasteiger partial charge < -0.3 is 30.5 Å². The van der Waals surface area contributed by atoms with Gasteiger partial charge in [0.25, 0.3) is 11.8 Å². The SMILES string of the molecule is CNc1cc(N2CCc3c(N4CCN(C[C@H]5CCN(C6CCNCC6)CC5(F)F)CC4)cccc32)nn2c(C(=O)N[C@@H]3CC[C@H]3OC)cnc12. The second kappa shape index (κ2) is 13.9. The van der Waals surface area contributed by atoms with E-state index in [1.54, 1.807) is 17.8 Å². The van der Waals surface area contributed by atoms with Gasteiger partial charge in [0.1, 0.15) is 0 Å². The van der Waals surface area contributed by atoms with E-state index in [9.17, 15) is 4.79 Å². The van der Waals surface area contributed by atoms with Crippen molar-refractivity contribution in [1.29, 1.82) is 0 Å². The van der Waals surface area contributed by atoms with Gasteiger partial charge in [-0.25, -0.2) is 18.3 Å². The average molecular weight is 693 g/mol. The molecule has 1 aromatic carbocycles. The van der Waals surface area contributed by atoms with Gasteiger partial charge in [-0.3, -0.25) is 14.6 Å². The maximum Gasteiger partial charge on any atom is 0.271 e. The van der Waals surface area contributed by atoms with Gasteiger partial charge in [0.15, 0.2) is 17.2 Å². The molecule has 5 aliphatic rings. The Morgan fingerprint density at radius 2 is 1.84 bits per heavy atom. The number of imidazole rings is 1. The number of aromatic nitrogens is 3. The molecule has 50 heavy (non-hydrogen) atoms. The van der Waals surface area contributed by atoms with Gasteiger partial charge in [-0.05, 0) is 70.3 Å². The molecule has 1 amide bonds. The molecule has 4 aliphatic heterocycles. The highest BCUT2D eigenvalue weighted by Crippen LogP contribution is 2.41. The molecule has 12 nitrogen and oxygen atoms in total. The standard InChI is InChI=1S/C36H50F2N10O2/c1-39-28-20-33(43-48-31(21-41-34(28)48)35(49)42-27-6-7-32(27)50-2)47-15-11-26-29(4-3-5-30(26)47)45-18-16-44(17-19-45)22-24-10-14-46(23-36(24,37)38)25-8-12-40-13-9-25/h3-5,20-21,24-25,27,32,39-40H,6-19,22-23H2,1-2H3,(H,42,49)/t24-,27-,32-/m1/s1. The Morgan fingerprint density at radius 3 is 2.56 bits per heavy atom. The predicted molar refractivity (Wildman–Crippen MR) is 190 cm³/mol. The number of anilines is 4. The van der Waals surface area contributed by atoms with Crippen molar-refractivity contribution >= 4 is 34.4 Å². The molecule has 3 aromatic rings. The van der Waals surface area contributed by atoms with Crippen LogP contribution in [-0.4, -0.2) is 134 Å². The number of methoxy groups -OCH3 is 1. The van der Waals surface area contributed by atoms with E-state index in [0.717, 1.165) is 102 Å². The molecule has 3 atom stereocenters. The summed E-state index contributed by atoms with van der Waals surface area (Å²) in [6, 6.07) is 8.67. The van der Waals surface area contributed by atoms with Crippen molar-refractivity contribution in [2.75, 3.05) is 94.7 Å². The molecule has 4 fully saturated rings. The molecule has 0 radical (unpaired) electrons. The Balaban J connectivity index is 0.940. The number of hydrogen-bond donors (Lipinski definition) is 3. The van der Waals surface area contributed by atoms with Crippen LogP contribution in [-0.2, 0) is 11.2 Å². The number of ether oxygens (including phenoxy) is 1. The zero-order chi connectivity index (χ0) is 34.4. The van der Waals surface area contributed by atoms with Crippen LogP contribution >= 0.6 is 0 Å². The lowest BCUT2D eigenvalue weighted by atomic mass is 9.89. The van der Waals surface area contributed by atoms with Crippen LogP contribution in [0.25, 0.3) is 5.65 Å². The molecule has 8 rings (SSSR count). The Bertz CT molecular complexity index is 1690. The fourth-order valence-electron chi connectivity index (χ4n) is 8.74. The van der Waals surface area contributed by atoms with Crippen molar-refractivity contribution in [3.8, 4) is 0 Å². The summed E-state index contributed by atoms with van der Waals surface area (Å²) in [6.45, 7) is 6.92. The number of benzene rings is 1. The van der Waals surface area contributed by atoms with E-state index in [1.165, 1.54) is 11.3 Å². The normalized spacial score (nSPS) is 26.2. The van der Waals surface area contributed by atoms with Gasteiger partial charge in [-0.2, -0.15) is 0 Å². The molecule has 1 aliphatic carbocycles. The minimum atomic E-state index is -2.65. The highest BCUT2D eigenvalue weighted by atomic mass is 19.3. The third-order valence-corrected chi connectivity index (χ3v) is 11.9. The summed E-state index contributed by atoms with van der Waals surface area (Å²) >= 11 is 0. The Hall–Kier alpha value is -3.59. The van der Waals surface area contributed by atoms with E-state index in [-0.39, 0.29) is 30.6 Å². The molecule has 270 valence electrons. The second-order valence-electron chi connectivity index (χ2n) is 14.6. The first-order valence-electron chi connectivity index (χ1n) is 18.4. The average Bonchev–Trinajstić information content (AvgIpc) is 3.76. The molecular formula is C36H50F2N10O2. The van der Waals surface area contributed by atoms with E-state index >= 15 is 8.78 Å². The van der Waals surface area contributed by atoms with Gasteiger partial charge >= 0.3 is 0 Å².